The molecule has 3 rings (SSSR count). The van der Waals surface area contributed by atoms with Crippen LogP contribution in [0.25, 0.3) is 11.1 Å². The summed E-state index contributed by atoms with van der Waals surface area (Å²) in [6.45, 7) is 0. The Labute approximate surface area is 140 Å². The third kappa shape index (κ3) is 3.45. The molecule has 0 N–H and O–H groups in total. The molecule has 2 aromatic heterocycles. The number of benzene rings is 1. The van der Waals surface area contributed by atoms with Gasteiger partial charge in [-0.05, 0) is 35.4 Å². The Bertz CT molecular complexity index is 959. The molecule has 24 heavy (non-hydrogen) atoms. The Hall–Kier alpha value is -3.11. The summed E-state index contributed by atoms with van der Waals surface area (Å²) in [7, 11) is 0. The van der Waals surface area contributed by atoms with Crippen LogP contribution in [0, 0.1) is 23.0 Å². The summed E-state index contributed by atoms with van der Waals surface area (Å²) in [6, 6.07) is 8.24. The molecule has 0 aliphatic rings. The monoisotopic (exact) mass is 344 g/mol. The van der Waals surface area contributed by atoms with Crippen LogP contribution in [-0.2, 0) is 0 Å². The molecular formula is C16H7ClF2N4O. The molecule has 0 amide bonds. The highest BCUT2D eigenvalue weighted by molar-refractivity contribution is 6.28. The van der Waals surface area contributed by atoms with Crippen LogP contribution in [0.5, 0.6) is 11.6 Å². The van der Waals surface area contributed by atoms with Gasteiger partial charge in [0.1, 0.15) is 17.5 Å². The number of hydrogen-bond donors (Lipinski definition) is 0. The van der Waals surface area contributed by atoms with E-state index in [4.69, 9.17) is 21.6 Å². The summed E-state index contributed by atoms with van der Waals surface area (Å²) in [6.07, 6.45) is 2.89. The van der Waals surface area contributed by atoms with Crippen LogP contribution in [-0.4, -0.2) is 15.0 Å². The van der Waals surface area contributed by atoms with Gasteiger partial charge in [-0.1, -0.05) is 6.07 Å². The number of nitrogens with zero attached hydrogens (tertiary/aromatic N) is 4. The van der Waals surface area contributed by atoms with E-state index in [0.717, 1.165) is 12.1 Å². The van der Waals surface area contributed by atoms with Gasteiger partial charge in [-0.3, -0.25) is 4.98 Å². The lowest BCUT2D eigenvalue weighted by molar-refractivity contribution is 0.459. The highest BCUT2D eigenvalue weighted by Gasteiger charge is 2.08. The predicted octanol–water partition coefficient (Wildman–Crippen LogP) is 4.13. The molecule has 0 unspecified atom stereocenters. The van der Waals surface area contributed by atoms with Crippen LogP contribution in [0.15, 0.2) is 42.7 Å². The van der Waals surface area contributed by atoms with E-state index >= 15 is 0 Å². The van der Waals surface area contributed by atoms with E-state index < -0.39 is 11.6 Å². The molecule has 0 saturated heterocycles. The van der Waals surface area contributed by atoms with Gasteiger partial charge < -0.3 is 4.74 Å². The first-order valence-electron chi connectivity index (χ1n) is 6.58. The second-order valence-electron chi connectivity index (χ2n) is 4.61. The Kier molecular flexibility index (Phi) is 4.31. The molecule has 0 atom stereocenters. The van der Waals surface area contributed by atoms with Crippen molar-refractivity contribution in [2.75, 3.05) is 0 Å². The number of aromatic nitrogens is 3. The lowest BCUT2D eigenvalue weighted by Crippen LogP contribution is -1.94. The van der Waals surface area contributed by atoms with Crippen LogP contribution in [0.2, 0.25) is 5.28 Å². The molecule has 2 heterocycles. The number of rotatable bonds is 3. The van der Waals surface area contributed by atoms with Gasteiger partial charge in [0.05, 0.1) is 6.20 Å². The van der Waals surface area contributed by atoms with E-state index in [1.807, 2.05) is 6.07 Å². The zero-order valence-electron chi connectivity index (χ0n) is 11.9. The minimum Gasteiger partial charge on any atom is -0.437 e. The second kappa shape index (κ2) is 6.56. The molecule has 1 aromatic carbocycles. The van der Waals surface area contributed by atoms with Crippen molar-refractivity contribution in [2.24, 2.45) is 0 Å². The Morgan fingerprint density at radius 1 is 1.00 bits per heavy atom. The van der Waals surface area contributed by atoms with Gasteiger partial charge in [-0.25, -0.2) is 13.8 Å². The van der Waals surface area contributed by atoms with Gasteiger partial charge in [0.25, 0.3) is 0 Å². The molecule has 0 spiro atoms. The van der Waals surface area contributed by atoms with E-state index in [2.05, 4.69) is 15.0 Å². The molecule has 0 radical (unpaired) electrons. The lowest BCUT2D eigenvalue weighted by atomic mass is 10.1. The van der Waals surface area contributed by atoms with Gasteiger partial charge in [0.15, 0.2) is 11.6 Å². The van der Waals surface area contributed by atoms with E-state index in [1.54, 1.807) is 6.07 Å². The van der Waals surface area contributed by atoms with Crippen molar-refractivity contribution in [1.29, 1.82) is 5.26 Å². The van der Waals surface area contributed by atoms with Crippen molar-refractivity contribution < 1.29 is 13.5 Å². The zero-order chi connectivity index (χ0) is 17.1. The molecule has 0 aliphatic heterocycles. The number of halogens is 3. The third-order valence-corrected chi connectivity index (χ3v) is 3.15. The van der Waals surface area contributed by atoms with Crippen LogP contribution in [0.3, 0.4) is 0 Å². The SMILES string of the molecule is N#Cc1cc(Oc2cncc(-c3ccc(F)c(F)c3)c2)nc(Cl)n1. The molecule has 8 heteroatoms. The van der Waals surface area contributed by atoms with Crippen LogP contribution in [0.1, 0.15) is 5.69 Å². The number of ether oxygens (including phenoxy) is 1. The minimum atomic E-state index is -0.958. The fourth-order valence-electron chi connectivity index (χ4n) is 1.94. The quantitative estimate of drug-likeness (QED) is 0.668. The predicted molar refractivity (Wildman–Crippen MR) is 81.4 cm³/mol. The summed E-state index contributed by atoms with van der Waals surface area (Å²) >= 11 is 5.71. The number of nitriles is 1. The molecule has 0 saturated carbocycles. The molecule has 0 aliphatic carbocycles. The molecular weight excluding hydrogens is 338 g/mol. The summed E-state index contributed by atoms with van der Waals surface area (Å²) in [4.78, 5) is 11.5. The maximum Gasteiger partial charge on any atom is 0.226 e. The van der Waals surface area contributed by atoms with Gasteiger partial charge >= 0.3 is 0 Å². The van der Waals surface area contributed by atoms with Crippen molar-refractivity contribution in [3.63, 3.8) is 0 Å². The molecule has 3 aromatic rings. The zero-order valence-corrected chi connectivity index (χ0v) is 12.6. The van der Waals surface area contributed by atoms with E-state index in [9.17, 15) is 8.78 Å². The Balaban J connectivity index is 1.92. The summed E-state index contributed by atoms with van der Waals surface area (Å²) in [5.41, 5.74) is 1.01. The standard InChI is InChI=1S/C16H7ClF2N4O/c17-16-22-11(6-20)5-15(23-16)24-12-3-10(7-21-8-12)9-1-2-13(18)14(19)4-9/h1-5,7-8H. The molecule has 5 nitrogen and oxygen atoms in total. The first kappa shape index (κ1) is 15.8. The van der Waals surface area contributed by atoms with Gasteiger partial charge in [-0.2, -0.15) is 10.2 Å². The van der Waals surface area contributed by atoms with Crippen molar-refractivity contribution in [1.82, 2.24) is 15.0 Å². The molecule has 0 fully saturated rings. The molecule has 0 bridgehead atoms. The second-order valence-corrected chi connectivity index (χ2v) is 4.95. The largest absolute Gasteiger partial charge is 0.437 e. The average molecular weight is 345 g/mol. The fourth-order valence-corrected chi connectivity index (χ4v) is 2.11. The van der Waals surface area contributed by atoms with E-state index in [0.29, 0.717) is 11.1 Å². The Morgan fingerprint density at radius 3 is 2.58 bits per heavy atom. The van der Waals surface area contributed by atoms with Gasteiger partial charge in [-0.15, -0.1) is 0 Å². The summed E-state index contributed by atoms with van der Waals surface area (Å²) in [5, 5.41) is 8.73. The van der Waals surface area contributed by atoms with Crippen molar-refractivity contribution >= 4 is 11.6 Å². The van der Waals surface area contributed by atoms with Crippen LogP contribution in [0.4, 0.5) is 8.78 Å². The first-order chi connectivity index (χ1) is 11.5. The summed E-state index contributed by atoms with van der Waals surface area (Å²) < 4.78 is 31.9. The van der Waals surface area contributed by atoms with Gasteiger partial charge in [0.2, 0.25) is 11.2 Å². The Morgan fingerprint density at radius 2 is 1.83 bits per heavy atom. The first-order valence-corrected chi connectivity index (χ1v) is 6.96. The minimum absolute atomic E-state index is 0.0507. The lowest BCUT2D eigenvalue weighted by Gasteiger charge is -2.07. The summed E-state index contributed by atoms with van der Waals surface area (Å²) in [5.74, 6) is -1.54. The maximum absolute atomic E-state index is 13.4. The van der Waals surface area contributed by atoms with Crippen LogP contribution < -0.4 is 4.74 Å². The number of pyridine rings is 1. The molecule has 118 valence electrons. The highest BCUT2D eigenvalue weighted by atomic mass is 35.5. The topological polar surface area (TPSA) is 71.7 Å². The van der Waals surface area contributed by atoms with Crippen molar-refractivity contribution in [2.45, 2.75) is 0 Å². The van der Waals surface area contributed by atoms with E-state index in [1.165, 1.54) is 24.5 Å². The average Bonchev–Trinajstić information content (AvgIpc) is 2.57. The smallest absolute Gasteiger partial charge is 0.226 e. The maximum atomic E-state index is 13.4. The fraction of sp³-hybridized carbons (Fsp3) is 0. The normalized spacial score (nSPS) is 10.2. The van der Waals surface area contributed by atoms with Gasteiger partial charge in [0, 0.05) is 17.8 Å². The highest BCUT2D eigenvalue weighted by Crippen LogP contribution is 2.27. The van der Waals surface area contributed by atoms with Crippen molar-refractivity contribution in [3.05, 3.63) is 65.3 Å². The number of hydrogen-bond acceptors (Lipinski definition) is 5. The third-order valence-electron chi connectivity index (χ3n) is 2.98. The van der Waals surface area contributed by atoms with Crippen molar-refractivity contribution in [3.8, 4) is 28.8 Å². The van der Waals surface area contributed by atoms with E-state index in [-0.39, 0.29) is 22.6 Å². The van der Waals surface area contributed by atoms with Crippen LogP contribution >= 0.6 is 11.6 Å².